The predicted octanol–water partition coefficient (Wildman–Crippen LogP) is 3.92. The van der Waals surface area contributed by atoms with Gasteiger partial charge >= 0.3 is 0 Å². The van der Waals surface area contributed by atoms with Crippen LogP contribution < -0.4 is 10.6 Å². The summed E-state index contributed by atoms with van der Waals surface area (Å²) in [7, 11) is 0. The standard InChI is InChI=1S/C17H23ClN2O/c1-4-5-19-16(12-9-17(12,2)3)11-6-10-7-15(21)20-14(10)8-13(11)18/h6,8,12,16,19H,4-5,7,9H2,1-3H3,(H,20,21). The molecule has 2 aliphatic rings. The second kappa shape index (κ2) is 5.29. The zero-order valence-electron chi connectivity index (χ0n) is 12.9. The SMILES string of the molecule is CCCNC(c1cc2c(cc1Cl)NC(=O)C2)C1CC1(C)C. The summed E-state index contributed by atoms with van der Waals surface area (Å²) in [4.78, 5) is 11.5. The Morgan fingerprint density at radius 1 is 1.48 bits per heavy atom. The fraction of sp³-hybridized carbons (Fsp3) is 0.588. The van der Waals surface area contributed by atoms with E-state index in [0.29, 0.717) is 17.8 Å². The molecular weight excluding hydrogens is 284 g/mol. The maximum atomic E-state index is 11.5. The summed E-state index contributed by atoms with van der Waals surface area (Å²) in [6, 6.07) is 4.32. The molecule has 1 amide bonds. The van der Waals surface area contributed by atoms with Crippen molar-refractivity contribution in [1.82, 2.24) is 5.32 Å². The Morgan fingerprint density at radius 2 is 2.19 bits per heavy atom. The average Bonchev–Trinajstić information content (AvgIpc) is 2.87. The smallest absolute Gasteiger partial charge is 0.228 e. The summed E-state index contributed by atoms with van der Waals surface area (Å²) in [5.74, 6) is 0.674. The van der Waals surface area contributed by atoms with Crippen LogP contribution in [-0.4, -0.2) is 12.5 Å². The van der Waals surface area contributed by atoms with Crippen LogP contribution in [0.5, 0.6) is 0 Å². The highest BCUT2D eigenvalue weighted by Gasteiger charge is 2.50. The number of amides is 1. The summed E-state index contributed by atoms with van der Waals surface area (Å²) in [6.45, 7) is 7.78. The van der Waals surface area contributed by atoms with Crippen LogP contribution in [0.4, 0.5) is 5.69 Å². The number of hydrogen-bond acceptors (Lipinski definition) is 2. The first-order valence-corrected chi connectivity index (χ1v) is 8.15. The minimum Gasteiger partial charge on any atom is -0.325 e. The van der Waals surface area contributed by atoms with Crippen LogP contribution in [-0.2, 0) is 11.2 Å². The van der Waals surface area contributed by atoms with Gasteiger partial charge in [-0.25, -0.2) is 0 Å². The lowest BCUT2D eigenvalue weighted by Crippen LogP contribution is -2.25. The largest absolute Gasteiger partial charge is 0.325 e. The van der Waals surface area contributed by atoms with Crippen LogP contribution in [0.2, 0.25) is 5.02 Å². The second-order valence-electron chi connectivity index (χ2n) is 6.99. The van der Waals surface area contributed by atoms with E-state index in [2.05, 4.69) is 37.5 Å². The van der Waals surface area contributed by atoms with Crippen molar-refractivity contribution < 1.29 is 4.79 Å². The van der Waals surface area contributed by atoms with Crippen molar-refractivity contribution in [2.24, 2.45) is 11.3 Å². The van der Waals surface area contributed by atoms with Crippen LogP contribution >= 0.6 is 11.6 Å². The maximum absolute atomic E-state index is 11.5. The molecule has 21 heavy (non-hydrogen) atoms. The van der Waals surface area contributed by atoms with E-state index >= 15 is 0 Å². The van der Waals surface area contributed by atoms with Crippen LogP contribution in [0.3, 0.4) is 0 Å². The number of carbonyl (C=O) groups excluding carboxylic acids is 1. The van der Waals surface area contributed by atoms with Crippen molar-refractivity contribution in [1.29, 1.82) is 0 Å². The highest BCUT2D eigenvalue weighted by atomic mass is 35.5. The van der Waals surface area contributed by atoms with Gasteiger partial charge in [0.2, 0.25) is 5.91 Å². The average molecular weight is 307 g/mol. The predicted molar refractivity (Wildman–Crippen MR) is 86.7 cm³/mol. The van der Waals surface area contributed by atoms with Gasteiger partial charge in [0.05, 0.1) is 6.42 Å². The summed E-state index contributed by atoms with van der Waals surface area (Å²) in [6.07, 6.45) is 2.79. The zero-order chi connectivity index (χ0) is 15.2. The Morgan fingerprint density at radius 3 is 2.81 bits per heavy atom. The van der Waals surface area contributed by atoms with Crippen molar-refractivity contribution >= 4 is 23.2 Å². The molecule has 1 aromatic rings. The lowest BCUT2D eigenvalue weighted by atomic mass is 9.94. The van der Waals surface area contributed by atoms with E-state index in [1.54, 1.807) is 0 Å². The van der Waals surface area contributed by atoms with Gasteiger partial charge in [-0.1, -0.05) is 38.4 Å². The fourth-order valence-electron chi connectivity index (χ4n) is 3.35. The molecule has 1 aliphatic heterocycles. The minimum absolute atomic E-state index is 0.0584. The topological polar surface area (TPSA) is 41.1 Å². The van der Waals surface area contributed by atoms with Gasteiger partial charge in [-0.05, 0) is 47.9 Å². The molecule has 0 bridgehead atoms. The number of halogens is 1. The Kier molecular flexibility index (Phi) is 3.74. The van der Waals surface area contributed by atoms with Gasteiger partial charge in [-0.15, -0.1) is 0 Å². The van der Waals surface area contributed by atoms with Crippen LogP contribution in [0.15, 0.2) is 12.1 Å². The van der Waals surface area contributed by atoms with Crippen molar-refractivity contribution in [3.05, 3.63) is 28.3 Å². The van der Waals surface area contributed by atoms with Crippen molar-refractivity contribution in [3.63, 3.8) is 0 Å². The molecule has 1 saturated carbocycles. The second-order valence-corrected chi connectivity index (χ2v) is 7.39. The van der Waals surface area contributed by atoms with E-state index in [0.717, 1.165) is 34.8 Å². The number of hydrogen-bond donors (Lipinski definition) is 2. The van der Waals surface area contributed by atoms with E-state index in [1.807, 2.05) is 6.07 Å². The van der Waals surface area contributed by atoms with Crippen molar-refractivity contribution in [2.75, 3.05) is 11.9 Å². The molecule has 4 heteroatoms. The summed E-state index contributed by atoms with van der Waals surface area (Å²) < 4.78 is 0. The third kappa shape index (κ3) is 2.82. The Labute approximate surface area is 131 Å². The van der Waals surface area contributed by atoms with Crippen molar-refractivity contribution in [3.8, 4) is 0 Å². The molecule has 1 fully saturated rings. The zero-order valence-corrected chi connectivity index (χ0v) is 13.7. The van der Waals surface area contributed by atoms with E-state index in [1.165, 1.54) is 6.42 Å². The molecule has 2 N–H and O–H groups in total. The van der Waals surface area contributed by atoms with Gasteiger partial charge in [-0.2, -0.15) is 0 Å². The molecule has 0 radical (unpaired) electrons. The normalized spacial score (nSPS) is 23.6. The van der Waals surface area contributed by atoms with Crippen LogP contribution in [0.25, 0.3) is 0 Å². The number of fused-ring (bicyclic) bond motifs is 1. The van der Waals surface area contributed by atoms with Crippen molar-refractivity contribution in [2.45, 2.75) is 46.1 Å². The molecule has 114 valence electrons. The molecule has 1 aliphatic carbocycles. The third-order valence-electron chi connectivity index (χ3n) is 4.79. The van der Waals surface area contributed by atoms with Crippen LogP contribution in [0.1, 0.15) is 50.8 Å². The molecule has 3 rings (SSSR count). The first-order valence-electron chi connectivity index (χ1n) is 7.78. The Bertz CT molecular complexity index is 582. The molecule has 2 unspecified atom stereocenters. The monoisotopic (exact) mass is 306 g/mol. The third-order valence-corrected chi connectivity index (χ3v) is 5.12. The molecule has 3 nitrogen and oxygen atoms in total. The molecule has 0 spiro atoms. The highest BCUT2D eigenvalue weighted by molar-refractivity contribution is 6.32. The van der Waals surface area contributed by atoms with E-state index < -0.39 is 0 Å². The minimum atomic E-state index is 0.0584. The first kappa shape index (κ1) is 14.9. The van der Waals surface area contributed by atoms with E-state index in [-0.39, 0.29) is 11.9 Å². The first-order chi connectivity index (χ1) is 9.92. The summed E-state index contributed by atoms with van der Waals surface area (Å²) >= 11 is 6.50. The van der Waals surface area contributed by atoms with Gasteiger partial charge in [0.25, 0.3) is 0 Å². The van der Waals surface area contributed by atoms with Gasteiger partial charge < -0.3 is 10.6 Å². The van der Waals surface area contributed by atoms with Gasteiger partial charge in [0, 0.05) is 16.8 Å². The molecule has 1 heterocycles. The summed E-state index contributed by atoms with van der Waals surface area (Å²) in [5, 5.41) is 7.28. The molecule has 1 aromatic carbocycles. The number of anilines is 1. The highest BCUT2D eigenvalue weighted by Crippen LogP contribution is 2.58. The molecular formula is C17H23ClN2O. The van der Waals surface area contributed by atoms with E-state index in [9.17, 15) is 4.79 Å². The number of nitrogens with one attached hydrogen (secondary N) is 2. The fourth-order valence-corrected chi connectivity index (χ4v) is 3.63. The van der Waals surface area contributed by atoms with Gasteiger partial charge in [0.15, 0.2) is 0 Å². The van der Waals surface area contributed by atoms with Gasteiger partial charge in [0.1, 0.15) is 0 Å². The molecule has 0 aromatic heterocycles. The molecule has 0 saturated heterocycles. The van der Waals surface area contributed by atoms with Gasteiger partial charge in [-0.3, -0.25) is 4.79 Å². The maximum Gasteiger partial charge on any atom is 0.228 e. The number of rotatable bonds is 5. The number of benzene rings is 1. The Hall–Kier alpha value is -1.06. The lowest BCUT2D eigenvalue weighted by Gasteiger charge is -2.23. The van der Waals surface area contributed by atoms with E-state index in [4.69, 9.17) is 11.6 Å². The Balaban J connectivity index is 1.92. The molecule has 2 atom stereocenters. The number of carbonyl (C=O) groups is 1. The summed E-state index contributed by atoms with van der Waals surface area (Å²) in [5.41, 5.74) is 3.47. The lowest BCUT2D eigenvalue weighted by molar-refractivity contribution is -0.115. The van der Waals surface area contributed by atoms with Crippen LogP contribution in [0, 0.1) is 11.3 Å². The quantitative estimate of drug-likeness (QED) is 0.865.